The molecule has 0 aliphatic heterocycles. The first-order valence-corrected chi connectivity index (χ1v) is 9.00. The summed E-state index contributed by atoms with van der Waals surface area (Å²) in [5.41, 5.74) is 0.760. The summed E-state index contributed by atoms with van der Waals surface area (Å²) >= 11 is 9.03. The van der Waals surface area contributed by atoms with Crippen molar-refractivity contribution in [2.75, 3.05) is 30.8 Å². The largest absolute Gasteiger partial charge is 0.324 e. The number of amides is 2. The Morgan fingerprint density at radius 1 is 1.12 bits per heavy atom. The van der Waals surface area contributed by atoms with Crippen LogP contribution in [0.2, 0.25) is 5.02 Å². The third-order valence-electron chi connectivity index (χ3n) is 3.49. The molecule has 0 saturated carbocycles. The Kier molecular flexibility index (Phi) is 7.56. The van der Waals surface area contributed by atoms with Crippen LogP contribution < -0.4 is 10.6 Å². The average molecular weight is 443 g/mol. The molecule has 2 N–H and O–H groups in total. The summed E-state index contributed by atoms with van der Waals surface area (Å²) in [6.45, 7) is 0.480. The number of likely N-dealkylation sites (N-methyl/N-ethyl adjacent to an activating group) is 1. The zero-order valence-electron chi connectivity index (χ0n) is 14.1. The molecule has 26 heavy (non-hydrogen) atoms. The van der Waals surface area contributed by atoms with E-state index in [4.69, 9.17) is 11.6 Å². The van der Waals surface area contributed by atoms with Crippen molar-refractivity contribution in [3.8, 4) is 0 Å². The fourth-order valence-electron chi connectivity index (χ4n) is 2.17. The fourth-order valence-corrected chi connectivity index (χ4v) is 2.72. The van der Waals surface area contributed by atoms with Crippen LogP contribution in [0.25, 0.3) is 0 Å². The summed E-state index contributed by atoms with van der Waals surface area (Å²) in [4.78, 5) is 25.7. The molecule has 2 rings (SSSR count). The van der Waals surface area contributed by atoms with Crippen molar-refractivity contribution < 1.29 is 14.0 Å². The van der Waals surface area contributed by atoms with E-state index < -0.39 is 5.82 Å². The van der Waals surface area contributed by atoms with Crippen molar-refractivity contribution in [3.05, 3.63) is 57.8 Å². The third kappa shape index (κ3) is 6.40. The van der Waals surface area contributed by atoms with E-state index in [2.05, 4.69) is 26.6 Å². The average Bonchev–Trinajstić information content (AvgIpc) is 2.57. The Balaban J connectivity index is 1.77. The minimum Gasteiger partial charge on any atom is -0.324 e. The maximum Gasteiger partial charge on any atom is 0.238 e. The van der Waals surface area contributed by atoms with Gasteiger partial charge >= 0.3 is 0 Å². The van der Waals surface area contributed by atoms with Crippen LogP contribution in [-0.2, 0) is 9.59 Å². The molecule has 0 aromatic heterocycles. The van der Waals surface area contributed by atoms with Crippen LogP contribution in [0.5, 0.6) is 0 Å². The van der Waals surface area contributed by atoms with Gasteiger partial charge in [0.05, 0.1) is 17.9 Å². The number of hydrogen-bond acceptors (Lipinski definition) is 3. The molecule has 0 radical (unpaired) electrons. The number of rotatable bonds is 7. The maximum absolute atomic E-state index is 13.7. The standard InChI is InChI=1S/C18H18BrClFN3O2/c1-24(11-18(26)22-15-5-3-2-4-13(15)19)9-8-17(25)23-16-7-6-12(20)10-14(16)21/h2-7,10H,8-9,11H2,1H3,(H,22,26)(H,23,25). The molecule has 0 heterocycles. The zero-order valence-corrected chi connectivity index (χ0v) is 16.4. The van der Waals surface area contributed by atoms with Crippen LogP contribution in [0.15, 0.2) is 46.9 Å². The van der Waals surface area contributed by atoms with E-state index in [-0.39, 0.29) is 35.5 Å². The maximum atomic E-state index is 13.7. The summed E-state index contributed by atoms with van der Waals surface area (Å²) in [5, 5.41) is 5.54. The van der Waals surface area contributed by atoms with Crippen molar-refractivity contribution in [1.82, 2.24) is 4.90 Å². The van der Waals surface area contributed by atoms with Gasteiger partial charge in [-0.05, 0) is 53.3 Å². The summed E-state index contributed by atoms with van der Waals surface area (Å²) < 4.78 is 14.4. The minimum atomic E-state index is -0.591. The highest BCUT2D eigenvalue weighted by molar-refractivity contribution is 9.10. The highest BCUT2D eigenvalue weighted by Gasteiger charge is 2.12. The lowest BCUT2D eigenvalue weighted by molar-refractivity contribution is -0.119. The van der Waals surface area contributed by atoms with Crippen molar-refractivity contribution in [1.29, 1.82) is 0 Å². The molecular formula is C18H18BrClFN3O2. The summed E-state index contributed by atoms with van der Waals surface area (Å²) in [5.74, 6) is -1.13. The lowest BCUT2D eigenvalue weighted by Gasteiger charge is -2.16. The molecule has 0 fully saturated rings. The molecule has 0 bridgehead atoms. The highest BCUT2D eigenvalue weighted by atomic mass is 79.9. The molecule has 0 aliphatic carbocycles. The molecule has 2 aromatic rings. The first-order valence-electron chi connectivity index (χ1n) is 7.83. The molecule has 0 unspecified atom stereocenters. The van der Waals surface area contributed by atoms with Gasteiger partial charge in [0.15, 0.2) is 0 Å². The van der Waals surface area contributed by atoms with Gasteiger partial charge in [0.1, 0.15) is 5.82 Å². The smallest absolute Gasteiger partial charge is 0.238 e. The predicted octanol–water partition coefficient (Wildman–Crippen LogP) is 4.14. The Labute approximate surface area is 164 Å². The van der Waals surface area contributed by atoms with Gasteiger partial charge in [-0.3, -0.25) is 14.5 Å². The molecule has 0 atom stereocenters. The summed E-state index contributed by atoms with van der Waals surface area (Å²) in [6, 6.07) is 11.3. The number of nitrogens with zero attached hydrogens (tertiary/aromatic N) is 1. The number of benzene rings is 2. The summed E-state index contributed by atoms with van der Waals surface area (Å²) in [7, 11) is 1.73. The van der Waals surface area contributed by atoms with Crippen molar-refractivity contribution in [3.63, 3.8) is 0 Å². The van der Waals surface area contributed by atoms with Crippen LogP contribution in [0.3, 0.4) is 0 Å². The van der Waals surface area contributed by atoms with Gasteiger partial charge in [0.25, 0.3) is 0 Å². The topological polar surface area (TPSA) is 61.4 Å². The number of hydrogen-bond donors (Lipinski definition) is 2. The summed E-state index contributed by atoms with van der Waals surface area (Å²) in [6.07, 6.45) is 0.126. The van der Waals surface area contributed by atoms with Gasteiger partial charge in [0, 0.05) is 22.5 Å². The van der Waals surface area contributed by atoms with E-state index in [1.807, 2.05) is 18.2 Å². The second-order valence-corrected chi connectivity index (χ2v) is 6.98. The van der Waals surface area contributed by atoms with E-state index in [1.165, 1.54) is 12.1 Å². The predicted molar refractivity (Wildman–Crippen MR) is 105 cm³/mol. The normalized spacial score (nSPS) is 10.7. The molecule has 8 heteroatoms. The van der Waals surface area contributed by atoms with Crippen molar-refractivity contribution >= 4 is 50.7 Å². The van der Waals surface area contributed by atoms with Crippen LogP contribution in [0.1, 0.15) is 6.42 Å². The van der Waals surface area contributed by atoms with E-state index in [0.717, 1.165) is 10.5 Å². The van der Waals surface area contributed by atoms with Crippen LogP contribution in [0.4, 0.5) is 15.8 Å². The number of para-hydroxylation sites is 1. The van der Waals surface area contributed by atoms with Crippen molar-refractivity contribution in [2.45, 2.75) is 6.42 Å². The lowest BCUT2D eigenvalue weighted by Crippen LogP contribution is -2.32. The van der Waals surface area contributed by atoms with E-state index in [9.17, 15) is 14.0 Å². The molecule has 0 saturated heterocycles. The second kappa shape index (κ2) is 9.66. The first-order chi connectivity index (χ1) is 12.3. The third-order valence-corrected chi connectivity index (χ3v) is 4.41. The number of anilines is 2. The molecule has 2 aromatic carbocycles. The Morgan fingerprint density at radius 2 is 1.81 bits per heavy atom. The number of nitrogens with one attached hydrogen (secondary N) is 2. The molecule has 2 amide bonds. The molecular weight excluding hydrogens is 425 g/mol. The number of halogens is 3. The quantitative estimate of drug-likeness (QED) is 0.677. The Hall–Kier alpha value is -1.96. The minimum absolute atomic E-state index is 0.0775. The lowest BCUT2D eigenvalue weighted by atomic mass is 10.3. The van der Waals surface area contributed by atoms with Gasteiger partial charge in [-0.25, -0.2) is 4.39 Å². The fraction of sp³-hybridized carbons (Fsp3) is 0.222. The highest BCUT2D eigenvalue weighted by Crippen LogP contribution is 2.21. The van der Waals surface area contributed by atoms with Crippen LogP contribution in [0, 0.1) is 5.82 Å². The zero-order chi connectivity index (χ0) is 19.1. The first kappa shape index (κ1) is 20.4. The van der Waals surface area contributed by atoms with Gasteiger partial charge in [-0.15, -0.1) is 0 Å². The molecule has 0 spiro atoms. The van der Waals surface area contributed by atoms with E-state index >= 15 is 0 Å². The van der Waals surface area contributed by atoms with Gasteiger partial charge < -0.3 is 10.6 Å². The molecule has 0 aliphatic rings. The second-order valence-electron chi connectivity index (χ2n) is 5.69. The SMILES string of the molecule is CN(CCC(=O)Nc1ccc(Cl)cc1F)CC(=O)Nc1ccccc1Br. The molecule has 138 valence electrons. The monoisotopic (exact) mass is 441 g/mol. The van der Waals surface area contributed by atoms with E-state index in [0.29, 0.717) is 12.2 Å². The Morgan fingerprint density at radius 3 is 2.50 bits per heavy atom. The van der Waals surface area contributed by atoms with Gasteiger partial charge in [-0.1, -0.05) is 23.7 Å². The van der Waals surface area contributed by atoms with Gasteiger partial charge in [-0.2, -0.15) is 0 Å². The number of carbonyl (C=O) groups is 2. The van der Waals surface area contributed by atoms with Crippen LogP contribution in [-0.4, -0.2) is 36.9 Å². The number of carbonyl (C=O) groups excluding carboxylic acids is 2. The van der Waals surface area contributed by atoms with Gasteiger partial charge in [0.2, 0.25) is 11.8 Å². The van der Waals surface area contributed by atoms with Crippen LogP contribution >= 0.6 is 27.5 Å². The van der Waals surface area contributed by atoms with E-state index in [1.54, 1.807) is 18.0 Å². The molecule has 5 nitrogen and oxygen atoms in total. The van der Waals surface area contributed by atoms with Crippen molar-refractivity contribution in [2.24, 2.45) is 0 Å². The Bertz CT molecular complexity index is 804.